The highest BCUT2D eigenvalue weighted by Gasteiger charge is 2.29. The Balaban J connectivity index is 2.20. The molecule has 1 fully saturated rings. The van der Waals surface area contributed by atoms with Crippen molar-refractivity contribution in [1.82, 2.24) is 4.90 Å². The SMILES string of the molecule is Cc1cc(N)ccc1C(=O)N(CC1CC1)C(C)C. The minimum atomic E-state index is 0.134. The maximum absolute atomic E-state index is 12.6. The third-order valence-corrected chi connectivity index (χ3v) is 3.52. The quantitative estimate of drug-likeness (QED) is 0.830. The number of hydrogen-bond acceptors (Lipinski definition) is 2. The number of carbonyl (C=O) groups is 1. The fourth-order valence-electron chi connectivity index (χ4n) is 2.19. The molecule has 0 aromatic heterocycles. The Morgan fingerprint density at radius 1 is 1.44 bits per heavy atom. The molecule has 0 saturated heterocycles. The van der Waals surface area contributed by atoms with E-state index in [-0.39, 0.29) is 11.9 Å². The molecule has 0 atom stereocenters. The average molecular weight is 246 g/mol. The number of amides is 1. The van der Waals surface area contributed by atoms with Crippen LogP contribution < -0.4 is 5.73 Å². The molecule has 1 aromatic carbocycles. The Morgan fingerprint density at radius 2 is 2.11 bits per heavy atom. The molecule has 3 heteroatoms. The van der Waals surface area contributed by atoms with E-state index in [9.17, 15) is 4.79 Å². The number of benzene rings is 1. The van der Waals surface area contributed by atoms with Crippen molar-refractivity contribution in [2.24, 2.45) is 5.92 Å². The van der Waals surface area contributed by atoms with Crippen LogP contribution in [0.5, 0.6) is 0 Å². The number of carbonyl (C=O) groups excluding carboxylic acids is 1. The highest BCUT2D eigenvalue weighted by Crippen LogP contribution is 2.31. The van der Waals surface area contributed by atoms with Gasteiger partial charge in [0.25, 0.3) is 5.91 Å². The lowest BCUT2D eigenvalue weighted by Crippen LogP contribution is -2.38. The van der Waals surface area contributed by atoms with Gasteiger partial charge in [0.05, 0.1) is 0 Å². The van der Waals surface area contributed by atoms with Crippen LogP contribution in [0, 0.1) is 12.8 Å². The van der Waals surface area contributed by atoms with E-state index in [4.69, 9.17) is 5.73 Å². The van der Waals surface area contributed by atoms with Gasteiger partial charge in [-0.1, -0.05) is 0 Å². The van der Waals surface area contributed by atoms with Crippen molar-refractivity contribution in [3.8, 4) is 0 Å². The van der Waals surface area contributed by atoms with Crippen molar-refractivity contribution in [3.05, 3.63) is 29.3 Å². The average Bonchev–Trinajstić information content (AvgIpc) is 3.08. The Bertz CT molecular complexity index is 450. The highest BCUT2D eigenvalue weighted by atomic mass is 16.2. The largest absolute Gasteiger partial charge is 0.399 e. The topological polar surface area (TPSA) is 46.3 Å². The zero-order chi connectivity index (χ0) is 13.3. The minimum absolute atomic E-state index is 0.134. The van der Waals surface area contributed by atoms with Crippen LogP contribution in [-0.4, -0.2) is 23.4 Å². The van der Waals surface area contributed by atoms with Gasteiger partial charge in [0, 0.05) is 23.8 Å². The standard InChI is InChI=1S/C15H22N2O/c1-10(2)17(9-12-4-5-12)15(18)14-7-6-13(16)8-11(14)3/h6-8,10,12H,4-5,9,16H2,1-3H3. The van der Waals surface area contributed by atoms with Crippen molar-refractivity contribution < 1.29 is 4.79 Å². The zero-order valence-corrected chi connectivity index (χ0v) is 11.4. The first-order valence-electron chi connectivity index (χ1n) is 6.66. The lowest BCUT2D eigenvalue weighted by atomic mass is 10.1. The lowest BCUT2D eigenvalue weighted by molar-refractivity contribution is 0.0695. The third-order valence-electron chi connectivity index (χ3n) is 3.52. The van der Waals surface area contributed by atoms with Crippen LogP contribution in [0.25, 0.3) is 0 Å². The van der Waals surface area contributed by atoms with Crippen LogP contribution in [-0.2, 0) is 0 Å². The van der Waals surface area contributed by atoms with Crippen LogP contribution in [0.1, 0.15) is 42.6 Å². The monoisotopic (exact) mass is 246 g/mol. The number of nitrogen functional groups attached to an aromatic ring is 1. The first kappa shape index (κ1) is 12.9. The van der Waals surface area contributed by atoms with Crippen molar-refractivity contribution in [2.45, 2.75) is 39.7 Å². The first-order valence-corrected chi connectivity index (χ1v) is 6.66. The minimum Gasteiger partial charge on any atom is -0.399 e. The summed E-state index contributed by atoms with van der Waals surface area (Å²) in [5.41, 5.74) is 8.18. The fourth-order valence-corrected chi connectivity index (χ4v) is 2.19. The van der Waals surface area contributed by atoms with Crippen LogP contribution in [0.4, 0.5) is 5.69 Å². The lowest BCUT2D eigenvalue weighted by Gasteiger charge is -2.27. The van der Waals surface area contributed by atoms with Gasteiger partial charge in [-0.25, -0.2) is 0 Å². The summed E-state index contributed by atoms with van der Waals surface area (Å²) in [6, 6.07) is 5.75. The van der Waals surface area contributed by atoms with Gasteiger partial charge in [-0.05, 0) is 63.3 Å². The second-order valence-corrected chi connectivity index (χ2v) is 5.57. The van der Waals surface area contributed by atoms with Crippen molar-refractivity contribution >= 4 is 11.6 Å². The van der Waals surface area contributed by atoms with E-state index in [2.05, 4.69) is 13.8 Å². The van der Waals surface area contributed by atoms with Gasteiger partial charge >= 0.3 is 0 Å². The van der Waals surface area contributed by atoms with Gasteiger partial charge in [0.2, 0.25) is 0 Å². The molecule has 98 valence electrons. The second kappa shape index (κ2) is 5.01. The predicted molar refractivity (Wildman–Crippen MR) is 74.5 cm³/mol. The molecule has 0 bridgehead atoms. The Kier molecular flexibility index (Phi) is 3.60. The summed E-state index contributed by atoms with van der Waals surface area (Å²) in [5, 5.41) is 0. The van der Waals surface area contributed by atoms with E-state index < -0.39 is 0 Å². The molecule has 0 heterocycles. The predicted octanol–water partition coefficient (Wildman–Crippen LogP) is 2.84. The highest BCUT2D eigenvalue weighted by molar-refractivity contribution is 5.96. The number of aryl methyl sites for hydroxylation is 1. The normalized spacial score (nSPS) is 14.9. The van der Waals surface area contributed by atoms with E-state index in [1.165, 1.54) is 12.8 Å². The van der Waals surface area contributed by atoms with E-state index in [0.29, 0.717) is 11.6 Å². The molecule has 2 rings (SSSR count). The molecule has 1 amide bonds. The van der Waals surface area contributed by atoms with E-state index >= 15 is 0 Å². The van der Waals surface area contributed by atoms with E-state index in [1.807, 2.05) is 24.0 Å². The van der Waals surface area contributed by atoms with Crippen LogP contribution in [0.15, 0.2) is 18.2 Å². The molecule has 0 aliphatic heterocycles. The van der Waals surface area contributed by atoms with Crippen molar-refractivity contribution in [3.63, 3.8) is 0 Å². The molecule has 1 saturated carbocycles. The molecule has 1 aromatic rings. The third kappa shape index (κ3) is 2.84. The van der Waals surface area contributed by atoms with Gasteiger partial charge in [0.15, 0.2) is 0 Å². The summed E-state index contributed by atoms with van der Waals surface area (Å²) in [7, 11) is 0. The summed E-state index contributed by atoms with van der Waals surface area (Å²) < 4.78 is 0. The Labute approximate surface area is 109 Å². The Morgan fingerprint density at radius 3 is 2.61 bits per heavy atom. The molecular weight excluding hydrogens is 224 g/mol. The smallest absolute Gasteiger partial charge is 0.254 e. The van der Waals surface area contributed by atoms with Gasteiger partial charge in [-0.15, -0.1) is 0 Å². The molecule has 18 heavy (non-hydrogen) atoms. The summed E-state index contributed by atoms with van der Waals surface area (Å²) >= 11 is 0. The second-order valence-electron chi connectivity index (χ2n) is 5.57. The first-order chi connectivity index (χ1) is 8.49. The Hall–Kier alpha value is -1.51. The molecule has 1 aliphatic carbocycles. The van der Waals surface area contributed by atoms with Crippen molar-refractivity contribution in [1.29, 1.82) is 0 Å². The van der Waals surface area contributed by atoms with Crippen LogP contribution >= 0.6 is 0 Å². The molecule has 1 aliphatic rings. The van der Waals surface area contributed by atoms with E-state index in [0.717, 1.165) is 17.7 Å². The van der Waals surface area contributed by atoms with Gasteiger partial charge < -0.3 is 10.6 Å². The molecule has 0 spiro atoms. The van der Waals surface area contributed by atoms with Gasteiger partial charge in [0.1, 0.15) is 0 Å². The summed E-state index contributed by atoms with van der Waals surface area (Å²) in [6.45, 7) is 6.99. The molecular formula is C15H22N2O. The maximum Gasteiger partial charge on any atom is 0.254 e. The number of nitrogens with two attached hydrogens (primary N) is 1. The zero-order valence-electron chi connectivity index (χ0n) is 11.4. The molecule has 0 radical (unpaired) electrons. The van der Waals surface area contributed by atoms with Crippen LogP contribution in [0.2, 0.25) is 0 Å². The molecule has 3 nitrogen and oxygen atoms in total. The summed E-state index contributed by atoms with van der Waals surface area (Å²) in [6.07, 6.45) is 2.52. The maximum atomic E-state index is 12.6. The fraction of sp³-hybridized carbons (Fsp3) is 0.533. The van der Waals surface area contributed by atoms with Gasteiger partial charge in [-0.2, -0.15) is 0 Å². The van der Waals surface area contributed by atoms with E-state index in [1.54, 1.807) is 6.07 Å². The van der Waals surface area contributed by atoms with Crippen molar-refractivity contribution in [2.75, 3.05) is 12.3 Å². The van der Waals surface area contributed by atoms with Gasteiger partial charge in [-0.3, -0.25) is 4.79 Å². The number of rotatable bonds is 4. The molecule has 0 unspecified atom stereocenters. The number of nitrogens with zero attached hydrogens (tertiary/aromatic N) is 1. The summed E-state index contributed by atoms with van der Waals surface area (Å²) in [5.74, 6) is 0.847. The molecule has 2 N–H and O–H groups in total. The number of hydrogen-bond donors (Lipinski definition) is 1. The van der Waals surface area contributed by atoms with Crippen LogP contribution in [0.3, 0.4) is 0 Å². The summed E-state index contributed by atoms with van der Waals surface area (Å²) in [4.78, 5) is 14.5. The number of anilines is 1.